The van der Waals surface area contributed by atoms with Crippen LogP contribution in [-0.4, -0.2) is 44.7 Å². The Morgan fingerprint density at radius 1 is 1.38 bits per heavy atom. The molecule has 1 saturated heterocycles. The Balaban J connectivity index is 2.02. The Hall–Kier alpha value is -1.75. The average molecular weight is 291 g/mol. The smallest absolute Gasteiger partial charge is 0.253 e. The number of benzene rings is 1. The van der Waals surface area contributed by atoms with Gasteiger partial charge in [-0.2, -0.15) is 0 Å². The molecule has 1 heterocycles. The van der Waals surface area contributed by atoms with E-state index in [-0.39, 0.29) is 11.3 Å². The summed E-state index contributed by atoms with van der Waals surface area (Å²) in [6.45, 7) is 4.78. The number of nitrogens with two attached hydrogens (primary N) is 1. The Morgan fingerprint density at radius 2 is 2.05 bits per heavy atom. The van der Waals surface area contributed by atoms with Gasteiger partial charge in [0.05, 0.1) is 11.4 Å². The van der Waals surface area contributed by atoms with Gasteiger partial charge in [0.1, 0.15) is 0 Å². The SMILES string of the molecule is CN(C)C(=O)c1ccc(NCC2(C)CCOCC2)c(N)c1. The van der Waals surface area contributed by atoms with Gasteiger partial charge in [-0.05, 0) is 36.5 Å². The van der Waals surface area contributed by atoms with Crippen LogP contribution in [0.5, 0.6) is 0 Å². The number of carbonyl (C=O) groups is 1. The zero-order valence-corrected chi connectivity index (χ0v) is 13.1. The summed E-state index contributed by atoms with van der Waals surface area (Å²) >= 11 is 0. The minimum Gasteiger partial charge on any atom is -0.397 e. The molecule has 21 heavy (non-hydrogen) atoms. The number of hydrogen-bond acceptors (Lipinski definition) is 4. The van der Waals surface area contributed by atoms with Crippen LogP contribution in [0.3, 0.4) is 0 Å². The van der Waals surface area contributed by atoms with E-state index < -0.39 is 0 Å². The van der Waals surface area contributed by atoms with Crippen molar-refractivity contribution >= 4 is 17.3 Å². The number of nitrogens with one attached hydrogen (secondary N) is 1. The average Bonchev–Trinajstić information content (AvgIpc) is 2.46. The second kappa shape index (κ2) is 6.35. The Bertz CT molecular complexity index is 508. The van der Waals surface area contributed by atoms with Crippen molar-refractivity contribution in [3.63, 3.8) is 0 Å². The number of amides is 1. The first-order chi connectivity index (χ1) is 9.91. The largest absolute Gasteiger partial charge is 0.397 e. The molecule has 0 radical (unpaired) electrons. The van der Waals surface area contributed by atoms with E-state index >= 15 is 0 Å². The first-order valence-electron chi connectivity index (χ1n) is 7.34. The Kier molecular flexibility index (Phi) is 4.73. The van der Waals surface area contributed by atoms with Crippen molar-refractivity contribution in [1.82, 2.24) is 4.90 Å². The Morgan fingerprint density at radius 3 is 2.62 bits per heavy atom. The highest BCUT2D eigenvalue weighted by molar-refractivity contribution is 5.95. The standard InChI is InChI=1S/C16H25N3O2/c1-16(6-8-21-9-7-16)11-18-14-5-4-12(10-13(14)17)15(20)19(2)3/h4-5,10,18H,6-9,11,17H2,1-3H3. The second-order valence-electron chi connectivity index (χ2n) is 6.28. The number of anilines is 2. The molecule has 0 aromatic heterocycles. The summed E-state index contributed by atoms with van der Waals surface area (Å²) in [6.07, 6.45) is 2.11. The van der Waals surface area contributed by atoms with Crippen molar-refractivity contribution in [2.24, 2.45) is 5.41 Å². The highest BCUT2D eigenvalue weighted by Gasteiger charge is 2.27. The molecular weight excluding hydrogens is 266 g/mol. The molecule has 1 aromatic rings. The molecule has 1 fully saturated rings. The van der Waals surface area contributed by atoms with E-state index in [0.717, 1.165) is 38.3 Å². The van der Waals surface area contributed by atoms with E-state index in [2.05, 4.69) is 12.2 Å². The fourth-order valence-electron chi connectivity index (χ4n) is 2.46. The van der Waals surface area contributed by atoms with Gasteiger partial charge in [-0.15, -0.1) is 0 Å². The van der Waals surface area contributed by atoms with Crippen LogP contribution in [0.1, 0.15) is 30.1 Å². The first kappa shape index (κ1) is 15.6. The van der Waals surface area contributed by atoms with Gasteiger partial charge in [0.2, 0.25) is 0 Å². The number of carbonyl (C=O) groups excluding carboxylic acids is 1. The van der Waals surface area contributed by atoms with Crippen molar-refractivity contribution in [2.75, 3.05) is 44.9 Å². The Labute approximate surface area is 126 Å². The van der Waals surface area contributed by atoms with E-state index in [9.17, 15) is 4.79 Å². The number of hydrogen-bond donors (Lipinski definition) is 2. The summed E-state index contributed by atoms with van der Waals surface area (Å²) < 4.78 is 5.41. The third kappa shape index (κ3) is 3.88. The topological polar surface area (TPSA) is 67.6 Å². The molecule has 5 nitrogen and oxygen atoms in total. The molecule has 3 N–H and O–H groups in total. The quantitative estimate of drug-likeness (QED) is 0.835. The zero-order chi connectivity index (χ0) is 15.5. The predicted molar refractivity (Wildman–Crippen MR) is 85.5 cm³/mol. The van der Waals surface area contributed by atoms with Crippen LogP contribution in [0.15, 0.2) is 18.2 Å². The predicted octanol–water partition coefficient (Wildman–Crippen LogP) is 2.20. The fourth-order valence-corrected chi connectivity index (χ4v) is 2.46. The minimum absolute atomic E-state index is 0.0374. The van der Waals surface area contributed by atoms with Gasteiger partial charge in [0.25, 0.3) is 5.91 Å². The first-order valence-corrected chi connectivity index (χ1v) is 7.34. The van der Waals surface area contributed by atoms with Crippen LogP contribution in [0.25, 0.3) is 0 Å². The molecule has 1 amide bonds. The highest BCUT2D eigenvalue weighted by atomic mass is 16.5. The van der Waals surface area contributed by atoms with Gasteiger partial charge < -0.3 is 20.7 Å². The molecule has 2 rings (SSSR count). The highest BCUT2D eigenvalue weighted by Crippen LogP contribution is 2.31. The maximum absolute atomic E-state index is 11.9. The normalized spacial score (nSPS) is 17.3. The summed E-state index contributed by atoms with van der Waals surface area (Å²) in [5, 5.41) is 3.41. The zero-order valence-electron chi connectivity index (χ0n) is 13.1. The van der Waals surface area contributed by atoms with Gasteiger partial charge in [0, 0.05) is 39.4 Å². The lowest BCUT2D eigenvalue weighted by Gasteiger charge is -2.34. The summed E-state index contributed by atoms with van der Waals surface area (Å²) in [7, 11) is 3.47. The molecule has 0 unspecified atom stereocenters. The lowest BCUT2D eigenvalue weighted by molar-refractivity contribution is 0.0300. The number of ether oxygens (including phenoxy) is 1. The van der Waals surface area contributed by atoms with Crippen molar-refractivity contribution in [3.05, 3.63) is 23.8 Å². The summed E-state index contributed by atoms with van der Waals surface area (Å²) in [4.78, 5) is 13.4. The van der Waals surface area contributed by atoms with Crippen LogP contribution in [0.4, 0.5) is 11.4 Å². The molecule has 0 bridgehead atoms. The van der Waals surface area contributed by atoms with E-state index in [0.29, 0.717) is 11.3 Å². The van der Waals surface area contributed by atoms with E-state index in [1.807, 2.05) is 12.1 Å². The third-order valence-corrected chi connectivity index (χ3v) is 4.11. The fraction of sp³-hybridized carbons (Fsp3) is 0.562. The third-order valence-electron chi connectivity index (χ3n) is 4.11. The van der Waals surface area contributed by atoms with Gasteiger partial charge in [0.15, 0.2) is 0 Å². The maximum Gasteiger partial charge on any atom is 0.253 e. The van der Waals surface area contributed by atoms with Crippen molar-refractivity contribution < 1.29 is 9.53 Å². The minimum atomic E-state index is -0.0374. The van der Waals surface area contributed by atoms with Crippen LogP contribution in [0, 0.1) is 5.41 Å². The van der Waals surface area contributed by atoms with Crippen molar-refractivity contribution in [3.8, 4) is 0 Å². The van der Waals surface area contributed by atoms with Crippen molar-refractivity contribution in [2.45, 2.75) is 19.8 Å². The summed E-state index contributed by atoms with van der Waals surface area (Å²) in [5.74, 6) is -0.0374. The lowest BCUT2D eigenvalue weighted by atomic mass is 9.82. The molecule has 0 atom stereocenters. The summed E-state index contributed by atoms with van der Waals surface area (Å²) in [5.41, 5.74) is 8.41. The van der Waals surface area contributed by atoms with E-state index in [1.165, 1.54) is 0 Å². The van der Waals surface area contributed by atoms with Gasteiger partial charge in [-0.3, -0.25) is 4.79 Å². The molecule has 1 aliphatic rings. The van der Waals surface area contributed by atoms with E-state index in [1.54, 1.807) is 25.1 Å². The molecule has 1 aliphatic heterocycles. The van der Waals surface area contributed by atoms with Crippen LogP contribution in [0.2, 0.25) is 0 Å². The second-order valence-corrected chi connectivity index (χ2v) is 6.28. The van der Waals surface area contributed by atoms with Gasteiger partial charge in [-0.25, -0.2) is 0 Å². The van der Waals surface area contributed by atoms with Crippen LogP contribution >= 0.6 is 0 Å². The van der Waals surface area contributed by atoms with Crippen LogP contribution < -0.4 is 11.1 Å². The molecular formula is C16H25N3O2. The monoisotopic (exact) mass is 291 g/mol. The van der Waals surface area contributed by atoms with Crippen LogP contribution in [-0.2, 0) is 4.74 Å². The van der Waals surface area contributed by atoms with Crippen molar-refractivity contribution in [1.29, 1.82) is 0 Å². The molecule has 0 spiro atoms. The maximum atomic E-state index is 11.9. The molecule has 0 aliphatic carbocycles. The number of nitrogen functional groups attached to an aromatic ring is 1. The molecule has 1 aromatic carbocycles. The molecule has 0 saturated carbocycles. The molecule has 5 heteroatoms. The number of nitrogens with zero attached hydrogens (tertiary/aromatic N) is 1. The van der Waals surface area contributed by atoms with Gasteiger partial charge in [-0.1, -0.05) is 6.92 Å². The molecule has 116 valence electrons. The lowest BCUT2D eigenvalue weighted by Crippen LogP contribution is -2.33. The number of rotatable bonds is 4. The van der Waals surface area contributed by atoms with Gasteiger partial charge >= 0.3 is 0 Å². The van der Waals surface area contributed by atoms with E-state index in [4.69, 9.17) is 10.5 Å². The summed E-state index contributed by atoms with van der Waals surface area (Å²) in [6, 6.07) is 5.43.